The van der Waals surface area contributed by atoms with Gasteiger partial charge in [0.15, 0.2) is 0 Å². The highest BCUT2D eigenvalue weighted by Gasteiger charge is 2.16. The molecule has 16 heavy (non-hydrogen) atoms. The number of carbonyl (C=O) groups excluding carboxylic acids is 1. The highest BCUT2D eigenvalue weighted by molar-refractivity contribution is 5.90. The van der Waals surface area contributed by atoms with Crippen molar-refractivity contribution in [3.05, 3.63) is 23.7 Å². The van der Waals surface area contributed by atoms with Gasteiger partial charge in [-0.15, -0.1) is 0 Å². The zero-order valence-corrected chi connectivity index (χ0v) is 9.77. The summed E-state index contributed by atoms with van der Waals surface area (Å²) in [5, 5.41) is 9.21. The Morgan fingerprint density at radius 2 is 2.38 bits per heavy atom. The van der Waals surface area contributed by atoms with Gasteiger partial charge < -0.3 is 14.3 Å². The molecule has 0 saturated carbocycles. The van der Waals surface area contributed by atoms with Crippen molar-refractivity contribution in [1.29, 1.82) is 0 Å². The molecule has 0 bridgehead atoms. The molecule has 5 heteroatoms. The van der Waals surface area contributed by atoms with Crippen LogP contribution in [-0.2, 0) is 11.3 Å². The van der Waals surface area contributed by atoms with Gasteiger partial charge in [-0.25, -0.2) is 4.79 Å². The van der Waals surface area contributed by atoms with Gasteiger partial charge in [-0.05, 0) is 20.0 Å². The summed E-state index contributed by atoms with van der Waals surface area (Å²) in [5.41, 5.74) is 0.431. The third-order valence-corrected chi connectivity index (χ3v) is 2.14. The van der Waals surface area contributed by atoms with Crippen molar-refractivity contribution in [3.63, 3.8) is 0 Å². The van der Waals surface area contributed by atoms with Gasteiger partial charge in [-0.3, -0.25) is 4.90 Å². The van der Waals surface area contributed by atoms with Crippen LogP contribution in [-0.4, -0.2) is 42.8 Å². The number of aliphatic hydroxyl groups is 1. The third kappa shape index (κ3) is 3.36. The van der Waals surface area contributed by atoms with Crippen molar-refractivity contribution in [2.24, 2.45) is 0 Å². The summed E-state index contributed by atoms with van der Waals surface area (Å²) in [5.74, 6) is 0.143. The fourth-order valence-corrected chi connectivity index (χ4v) is 1.52. The SMILES string of the molecule is COC(=O)c1ccoc1CN(C)CC(C)O. The van der Waals surface area contributed by atoms with Gasteiger partial charge >= 0.3 is 5.97 Å². The van der Waals surface area contributed by atoms with Crippen molar-refractivity contribution < 1.29 is 19.1 Å². The van der Waals surface area contributed by atoms with Crippen LogP contribution < -0.4 is 0 Å². The zero-order chi connectivity index (χ0) is 12.1. The summed E-state index contributed by atoms with van der Waals surface area (Å²) < 4.78 is 9.85. The Morgan fingerprint density at radius 3 is 2.94 bits per heavy atom. The molecule has 1 rings (SSSR count). The van der Waals surface area contributed by atoms with Gasteiger partial charge in [-0.1, -0.05) is 0 Å². The Kier molecular flexibility index (Phi) is 4.52. The average Bonchev–Trinajstić information content (AvgIpc) is 2.63. The fourth-order valence-electron chi connectivity index (χ4n) is 1.52. The standard InChI is InChI=1S/C11H17NO4/c1-8(13)6-12(2)7-10-9(4-5-16-10)11(14)15-3/h4-5,8,13H,6-7H2,1-3H3. The Balaban J connectivity index is 2.66. The van der Waals surface area contributed by atoms with Crippen LogP contribution in [0.2, 0.25) is 0 Å². The van der Waals surface area contributed by atoms with Crippen molar-refractivity contribution in [2.75, 3.05) is 20.7 Å². The smallest absolute Gasteiger partial charge is 0.341 e. The Hall–Kier alpha value is -1.33. The highest BCUT2D eigenvalue weighted by Crippen LogP contribution is 2.13. The first-order valence-corrected chi connectivity index (χ1v) is 5.06. The van der Waals surface area contributed by atoms with E-state index in [4.69, 9.17) is 4.42 Å². The van der Waals surface area contributed by atoms with Crippen molar-refractivity contribution >= 4 is 5.97 Å². The van der Waals surface area contributed by atoms with E-state index in [9.17, 15) is 9.90 Å². The van der Waals surface area contributed by atoms with E-state index < -0.39 is 12.1 Å². The predicted molar refractivity (Wildman–Crippen MR) is 58.1 cm³/mol. The average molecular weight is 227 g/mol. The molecule has 0 aliphatic rings. The van der Waals surface area contributed by atoms with Crippen molar-refractivity contribution in [1.82, 2.24) is 4.90 Å². The molecule has 0 spiro atoms. The first-order valence-electron chi connectivity index (χ1n) is 5.06. The maximum Gasteiger partial charge on any atom is 0.341 e. The Bertz CT molecular complexity index is 346. The van der Waals surface area contributed by atoms with E-state index in [2.05, 4.69) is 4.74 Å². The molecule has 0 fully saturated rings. The van der Waals surface area contributed by atoms with E-state index >= 15 is 0 Å². The maximum absolute atomic E-state index is 11.3. The molecule has 1 aromatic heterocycles. The second-order valence-corrected chi connectivity index (χ2v) is 3.79. The minimum absolute atomic E-state index is 0.408. The van der Waals surface area contributed by atoms with Gasteiger partial charge in [0.25, 0.3) is 0 Å². The summed E-state index contributed by atoms with van der Waals surface area (Å²) in [4.78, 5) is 13.2. The summed E-state index contributed by atoms with van der Waals surface area (Å²) >= 11 is 0. The molecule has 0 aromatic carbocycles. The maximum atomic E-state index is 11.3. The van der Waals surface area contributed by atoms with Crippen molar-refractivity contribution in [3.8, 4) is 0 Å². The van der Waals surface area contributed by atoms with E-state index in [1.54, 1.807) is 13.0 Å². The van der Waals surface area contributed by atoms with Gasteiger partial charge in [0, 0.05) is 6.54 Å². The van der Waals surface area contributed by atoms with Crippen LogP contribution in [0.1, 0.15) is 23.0 Å². The zero-order valence-electron chi connectivity index (χ0n) is 9.77. The number of nitrogens with zero attached hydrogens (tertiary/aromatic N) is 1. The van der Waals surface area contributed by atoms with Gasteiger partial charge in [-0.2, -0.15) is 0 Å². The molecule has 5 nitrogen and oxygen atoms in total. The van der Waals surface area contributed by atoms with Crippen LogP contribution in [0.5, 0.6) is 0 Å². The molecule has 1 unspecified atom stereocenters. The molecule has 0 aliphatic carbocycles. The lowest BCUT2D eigenvalue weighted by atomic mass is 10.2. The molecule has 90 valence electrons. The lowest BCUT2D eigenvalue weighted by Crippen LogP contribution is -2.27. The highest BCUT2D eigenvalue weighted by atomic mass is 16.5. The number of furan rings is 1. The second kappa shape index (κ2) is 5.67. The van der Waals surface area contributed by atoms with Crippen LogP contribution in [0.15, 0.2) is 16.7 Å². The molecule has 0 aliphatic heterocycles. The first-order chi connectivity index (χ1) is 7.54. The van der Waals surface area contributed by atoms with Crippen LogP contribution in [0.4, 0.5) is 0 Å². The van der Waals surface area contributed by atoms with Gasteiger partial charge in [0.2, 0.25) is 0 Å². The normalized spacial score (nSPS) is 12.8. The van der Waals surface area contributed by atoms with Crippen LogP contribution in [0.25, 0.3) is 0 Å². The second-order valence-electron chi connectivity index (χ2n) is 3.79. The molecule has 1 aromatic rings. The van der Waals surface area contributed by atoms with Gasteiger partial charge in [0.05, 0.1) is 26.0 Å². The summed E-state index contributed by atoms with van der Waals surface area (Å²) in [6.07, 6.45) is 1.04. The molecule has 1 N–H and O–H groups in total. The Labute approximate surface area is 94.6 Å². The number of methoxy groups -OCH3 is 1. The largest absolute Gasteiger partial charge is 0.467 e. The van der Waals surface area contributed by atoms with Crippen LogP contribution >= 0.6 is 0 Å². The minimum atomic E-state index is -0.415. The van der Waals surface area contributed by atoms with Crippen LogP contribution in [0, 0.1) is 0 Å². The number of esters is 1. The molecule has 0 radical (unpaired) electrons. The molecule has 1 atom stereocenters. The number of carbonyl (C=O) groups is 1. The fraction of sp³-hybridized carbons (Fsp3) is 0.545. The monoisotopic (exact) mass is 227 g/mol. The first kappa shape index (κ1) is 12.7. The number of ether oxygens (including phenoxy) is 1. The molecular weight excluding hydrogens is 210 g/mol. The minimum Gasteiger partial charge on any atom is -0.467 e. The number of aliphatic hydroxyl groups excluding tert-OH is 1. The summed E-state index contributed by atoms with van der Waals surface area (Å²) in [7, 11) is 3.18. The number of hydrogen-bond donors (Lipinski definition) is 1. The molecule has 0 saturated heterocycles. The third-order valence-electron chi connectivity index (χ3n) is 2.14. The quantitative estimate of drug-likeness (QED) is 0.756. The number of hydrogen-bond acceptors (Lipinski definition) is 5. The van der Waals surface area contributed by atoms with E-state index in [1.807, 2.05) is 11.9 Å². The van der Waals surface area contributed by atoms with E-state index in [-0.39, 0.29) is 0 Å². The van der Waals surface area contributed by atoms with E-state index in [1.165, 1.54) is 13.4 Å². The molecular formula is C11H17NO4. The summed E-state index contributed by atoms with van der Waals surface area (Å²) in [6, 6.07) is 1.58. The van der Waals surface area contributed by atoms with Crippen LogP contribution in [0.3, 0.4) is 0 Å². The lowest BCUT2D eigenvalue weighted by Gasteiger charge is -2.17. The van der Waals surface area contributed by atoms with E-state index in [0.29, 0.717) is 24.4 Å². The predicted octanol–water partition coefficient (Wildman–Crippen LogP) is 0.879. The Morgan fingerprint density at radius 1 is 1.69 bits per heavy atom. The number of rotatable bonds is 5. The van der Waals surface area contributed by atoms with Crippen molar-refractivity contribution in [2.45, 2.75) is 19.6 Å². The lowest BCUT2D eigenvalue weighted by molar-refractivity contribution is 0.0596. The van der Waals surface area contributed by atoms with E-state index in [0.717, 1.165) is 0 Å². The topological polar surface area (TPSA) is 62.9 Å². The van der Waals surface area contributed by atoms with Gasteiger partial charge in [0.1, 0.15) is 11.3 Å². The summed E-state index contributed by atoms with van der Waals surface area (Å²) in [6.45, 7) is 2.68. The molecule has 0 amide bonds. The molecule has 1 heterocycles. The number of likely N-dealkylation sites (N-methyl/N-ethyl adjacent to an activating group) is 1.